The molecule has 9 heteroatoms. The molecule has 0 aliphatic heterocycles. The molecule has 1 rings (SSSR count). The third-order valence-corrected chi connectivity index (χ3v) is 3.37. The SMILES string of the molecule is C=C/C(F)=C(I)\C=C(\F)Cc1nc(N)c(OC)c(C(=O)OC)n1. The Morgan fingerprint density at radius 1 is 1.39 bits per heavy atom. The van der Waals surface area contributed by atoms with Crippen LogP contribution in [0.2, 0.25) is 0 Å². The van der Waals surface area contributed by atoms with Gasteiger partial charge in [0.25, 0.3) is 0 Å². The summed E-state index contributed by atoms with van der Waals surface area (Å²) in [5, 5.41) is 0. The number of methoxy groups -OCH3 is 2. The molecular formula is C14H14F2IN3O3. The molecule has 2 N–H and O–H groups in total. The van der Waals surface area contributed by atoms with Gasteiger partial charge >= 0.3 is 5.97 Å². The molecule has 0 saturated heterocycles. The minimum atomic E-state index is -0.797. The van der Waals surface area contributed by atoms with Gasteiger partial charge in [0.15, 0.2) is 17.3 Å². The Morgan fingerprint density at radius 3 is 2.57 bits per heavy atom. The summed E-state index contributed by atoms with van der Waals surface area (Å²) in [6.45, 7) is 3.25. The quantitative estimate of drug-likeness (QED) is 0.418. The van der Waals surface area contributed by atoms with Gasteiger partial charge in [-0.2, -0.15) is 0 Å². The van der Waals surface area contributed by atoms with Gasteiger partial charge in [0.1, 0.15) is 17.5 Å². The molecule has 0 spiro atoms. The number of nitrogens with zero attached hydrogens (tertiary/aromatic N) is 2. The second kappa shape index (κ2) is 8.56. The molecule has 0 radical (unpaired) electrons. The van der Waals surface area contributed by atoms with Crippen LogP contribution in [-0.2, 0) is 11.2 Å². The molecule has 0 amide bonds. The number of allylic oxidation sites excluding steroid dienone is 5. The van der Waals surface area contributed by atoms with Crippen molar-refractivity contribution in [2.75, 3.05) is 20.0 Å². The van der Waals surface area contributed by atoms with Crippen LogP contribution in [0.5, 0.6) is 5.75 Å². The fraction of sp³-hybridized carbons (Fsp3) is 0.214. The van der Waals surface area contributed by atoms with Crippen molar-refractivity contribution < 1.29 is 23.0 Å². The summed E-state index contributed by atoms with van der Waals surface area (Å²) in [7, 11) is 2.44. The van der Waals surface area contributed by atoms with Crippen molar-refractivity contribution >= 4 is 34.4 Å². The third-order valence-electron chi connectivity index (χ3n) is 2.54. The van der Waals surface area contributed by atoms with Crippen molar-refractivity contribution in [3.05, 3.63) is 45.5 Å². The maximum atomic E-state index is 13.9. The number of nitrogens with two attached hydrogens (primary N) is 1. The van der Waals surface area contributed by atoms with Gasteiger partial charge in [0, 0.05) is 0 Å². The van der Waals surface area contributed by atoms with Gasteiger partial charge in [-0.15, -0.1) is 0 Å². The number of carbonyl (C=O) groups is 1. The molecule has 1 heterocycles. The van der Waals surface area contributed by atoms with E-state index in [-0.39, 0.29) is 33.1 Å². The number of esters is 1. The maximum Gasteiger partial charge on any atom is 0.360 e. The third kappa shape index (κ3) is 4.98. The fourth-order valence-electron chi connectivity index (χ4n) is 1.54. The summed E-state index contributed by atoms with van der Waals surface area (Å²) in [5.74, 6) is -2.43. The average Bonchev–Trinajstić information content (AvgIpc) is 2.52. The van der Waals surface area contributed by atoms with Crippen molar-refractivity contribution in [1.82, 2.24) is 9.97 Å². The van der Waals surface area contributed by atoms with Gasteiger partial charge in [0.05, 0.1) is 24.2 Å². The average molecular weight is 437 g/mol. The Hall–Kier alpha value is -2.04. The van der Waals surface area contributed by atoms with Gasteiger partial charge in [0.2, 0.25) is 0 Å². The first-order valence-electron chi connectivity index (χ1n) is 6.16. The first kappa shape index (κ1) is 19.0. The molecule has 0 fully saturated rings. The predicted octanol–water partition coefficient (Wildman–Crippen LogP) is 3.05. The summed E-state index contributed by atoms with van der Waals surface area (Å²) >= 11 is 1.62. The molecule has 0 saturated carbocycles. The molecule has 23 heavy (non-hydrogen) atoms. The lowest BCUT2D eigenvalue weighted by atomic mass is 10.2. The van der Waals surface area contributed by atoms with Crippen LogP contribution in [-0.4, -0.2) is 30.2 Å². The number of aromatic nitrogens is 2. The van der Waals surface area contributed by atoms with Crippen LogP contribution < -0.4 is 10.5 Å². The number of ether oxygens (including phenoxy) is 2. The summed E-state index contributed by atoms with van der Waals surface area (Å²) in [6, 6.07) is 0. The molecule has 0 aliphatic rings. The first-order valence-corrected chi connectivity index (χ1v) is 7.24. The molecule has 6 nitrogen and oxygen atoms in total. The Labute approximate surface area is 145 Å². The van der Waals surface area contributed by atoms with Crippen LogP contribution >= 0.6 is 22.6 Å². The number of halogens is 3. The minimum Gasteiger partial charge on any atom is -0.491 e. The Kier molecular flexibility index (Phi) is 7.07. The number of hydrogen-bond acceptors (Lipinski definition) is 6. The van der Waals surface area contributed by atoms with E-state index < -0.39 is 17.6 Å². The highest BCUT2D eigenvalue weighted by atomic mass is 127. The first-order chi connectivity index (χ1) is 10.8. The van der Waals surface area contributed by atoms with E-state index in [9.17, 15) is 13.6 Å². The van der Waals surface area contributed by atoms with Crippen LogP contribution in [0.3, 0.4) is 0 Å². The topological polar surface area (TPSA) is 87.3 Å². The van der Waals surface area contributed by atoms with Crippen molar-refractivity contribution in [2.45, 2.75) is 6.42 Å². The van der Waals surface area contributed by atoms with E-state index in [1.165, 1.54) is 7.11 Å². The van der Waals surface area contributed by atoms with Gasteiger partial charge in [-0.1, -0.05) is 6.58 Å². The van der Waals surface area contributed by atoms with Crippen molar-refractivity contribution in [1.29, 1.82) is 0 Å². The smallest absolute Gasteiger partial charge is 0.360 e. The molecule has 0 atom stereocenters. The minimum absolute atomic E-state index is 0.0322. The number of hydrogen-bond donors (Lipinski definition) is 1. The van der Waals surface area contributed by atoms with E-state index in [1.54, 1.807) is 22.6 Å². The molecular weight excluding hydrogens is 423 g/mol. The summed E-state index contributed by atoms with van der Waals surface area (Å²) in [4.78, 5) is 19.4. The summed E-state index contributed by atoms with van der Waals surface area (Å²) in [6.07, 6.45) is 1.55. The standard InChI is InChI=1S/C14H14F2IN3O3/c1-4-8(16)9(17)5-7(15)6-10-19-11(14(21)23-3)12(22-2)13(18)20-10/h4-5H,1,6H2,2-3H3,(H2,18,19,20)/b7-5+,9-8-. The van der Waals surface area contributed by atoms with Crippen molar-refractivity contribution in [2.24, 2.45) is 0 Å². The normalized spacial score (nSPS) is 12.5. The van der Waals surface area contributed by atoms with E-state index in [4.69, 9.17) is 10.5 Å². The summed E-state index contributed by atoms with van der Waals surface area (Å²) in [5.41, 5.74) is 5.45. The van der Waals surface area contributed by atoms with Crippen molar-refractivity contribution in [3.63, 3.8) is 0 Å². The number of carbonyl (C=O) groups excluding carboxylic acids is 1. The highest BCUT2D eigenvalue weighted by Gasteiger charge is 2.20. The number of rotatable bonds is 6. The highest BCUT2D eigenvalue weighted by Crippen LogP contribution is 2.25. The molecule has 0 aliphatic carbocycles. The van der Waals surface area contributed by atoms with E-state index in [2.05, 4.69) is 21.3 Å². The number of nitrogen functional groups attached to an aromatic ring is 1. The van der Waals surface area contributed by atoms with E-state index in [1.807, 2.05) is 0 Å². The maximum absolute atomic E-state index is 13.9. The lowest BCUT2D eigenvalue weighted by Crippen LogP contribution is -2.13. The molecule has 1 aromatic rings. The Morgan fingerprint density at radius 2 is 2.04 bits per heavy atom. The lowest BCUT2D eigenvalue weighted by molar-refractivity contribution is 0.0589. The largest absolute Gasteiger partial charge is 0.491 e. The zero-order valence-corrected chi connectivity index (χ0v) is 14.6. The second-order valence-corrected chi connectivity index (χ2v) is 5.23. The van der Waals surface area contributed by atoms with E-state index >= 15 is 0 Å². The zero-order chi connectivity index (χ0) is 17.6. The van der Waals surface area contributed by atoms with Crippen LogP contribution in [0.1, 0.15) is 16.3 Å². The van der Waals surface area contributed by atoms with Gasteiger partial charge in [-0.25, -0.2) is 23.5 Å². The Bertz CT molecular complexity index is 690. The summed E-state index contributed by atoms with van der Waals surface area (Å²) < 4.78 is 36.7. The number of anilines is 1. The monoisotopic (exact) mass is 437 g/mol. The molecule has 124 valence electrons. The van der Waals surface area contributed by atoms with Gasteiger partial charge < -0.3 is 15.2 Å². The van der Waals surface area contributed by atoms with Crippen LogP contribution in [0.4, 0.5) is 14.6 Å². The van der Waals surface area contributed by atoms with Gasteiger partial charge in [-0.3, -0.25) is 0 Å². The van der Waals surface area contributed by atoms with Crippen LogP contribution in [0, 0.1) is 0 Å². The van der Waals surface area contributed by atoms with E-state index in [0.717, 1.165) is 19.3 Å². The molecule has 0 aromatic carbocycles. The molecule has 0 bridgehead atoms. The van der Waals surface area contributed by atoms with Crippen molar-refractivity contribution in [3.8, 4) is 5.75 Å². The van der Waals surface area contributed by atoms with Crippen LogP contribution in [0.25, 0.3) is 0 Å². The Balaban J connectivity index is 3.20. The second-order valence-electron chi connectivity index (χ2n) is 4.07. The lowest BCUT2D eigenvalue weighted by Gasteiger charge is -2.10. The van der Waals surface area contributed by atoms with Gasteiger partial charge in [-0.05, 0) is 34.7 Å². The zero-order valence-electron chi connectivity index (χ0n) is 12.4. The molecule has 1 aromatic heterocycles. The van der Waals surface area contributed by atoms with Crippen LogP contribution in [0.15, 0.2) is 34.0 Å². The highest BCUT2D eigenvalue weighted by molar-refractivity contribution is 14.1. The van der Waals surface area contributed by atoms with E-state index in [0.29, 0.717) is 0 Å². The fourth-order valence-corrected chi connectivity index (χ4v) is 2.10. The molecule has 0 unspecified atom stereocenters. The predicted molar refractivity (Wildman–Crippen MR) is 89.6 cm³/mol.